The summed E-state index contributed by atoms with van der Waals surface area (Å²) in [7, 11) is 1.48. The molecule has 9 heteroatoms. The SMILES string of the molecule is COc1ncc(N2CCOc3ccc(OC4CCN(C(=O)C(C)(C)O)C4)cc32)cc1C#N. The van der Waals surface area contributed by atoms with Gasteiger partial charge in [0.05, 0.1) is 37.8 Å². The second-order valence-corrected chi connectivity index (χ2v) is 8.33. The van der Waals surface area contributed by atoms with Gasteiger partial charge in [0.25, 0.3) is 5.91 Å². The third kappa shape index (κ3) is 4.27. The Morgan fingerprint density at radius 3 is 2.88 bits per heavy atom. The molecule has 1 aromatic heterocycles. The summed E-state index contributed by atoms with van der Waals surface area (Å²) in [6.45, 7) is 5.04. The van der Waals surface area contributed by atoms with Crippen molar-refractivity contribution in [3.8, 4) is 23.4 Å². The summed E-state index contributed by atoms with van der Waals surface area (Å²) in [6.07, 6.45) is 2.19. The van der Waals surface area contributed by atoms with Crippen LogP contribution in [0, 0.1) is 11.3 Å². The molecule has 32 heavy (non-hydrogen) atoms. The zero-order valence-electron chi connectivity index (χ0n) is 18.4. The van der Waals surface area contributed by atoms with Crippen LogP contribution in [0.4, 0.5) is 11.4 Å². The molecular formula is C23H26N4O5. The number of aromatic nitrogens is 1. The zero-order valence-corrected chi connectivity index (χ0v) is 18.4. The third-order valence-corrected chi connectivity index (χ3v) is 5.51. The van der Waals surface area contributed by atoms with E-state index in [0.717, 1.165) is 11.4 Å². The number of pyridine rings is 1. The Kier molecular flexibility index (Phi) is 5.80. The van der Waals surface area contributed by atoms with Crippen LogP contribution in [0.2, 0.25) is 0 Å². The van der Waals surface area contributed by atoms with E-state index in [9.17, 15) is 15.2 Å². The number of anilines is 2. The van der Waals surface area contributed by atoms with Gasteiger partial charge in [-0.25, -0.2) is 4.98 Å². The van der Waals surface area contributed by atoms with Crippen LogP contribution in [0.3, 0.4) is 0 Å². The molecule has 0 aliphatic carbocycles. The molecule has 2 aliphatic heterocycles. The van der Waals surface area contributed by atoms with E-state index in [0.29, 0.717) is 49.7 Å². The van der Waals surface area contributed by atoms with E-state index in [-0.39, 0.29) is 17.9 Å². The van der Waals surface area contributed by atoms with E-state index in [1.807, 2.05) is 23.1 Å². The lowest BCUT2D eigenvalue weighted by atomic mass is 10.1. The van der Waals surface area contributed by atoms with Crippen molar-refractivity contribution < 1.29 is 24.1 Å². The van der Waals surface area contributed by atoms with Gasteiger partial charge in [0.15, 0.2) is 0 Å². The number of amides is 1. The summed E-state index contributed by atoms with van der Waals surface area (Å²) < 4.78 is 17.1. The minimum atomic E-state index is -1.40. The maximum absolute atomic E-state index is 12.3. The number of likely N-dealkylation sites (tertiary alicyclic amines) is 1. The number of carbonyl (C=O) groups excluding carboxylic acids is 1. The van der Waals surface area contributed by atoms with Gasteiger partial charge in [-0.15, -0.1) is 0 Å². The van der Waals surface area contributed by atoms with Gasteiger partial charge in [-0.1, -0.05) is 0 Å². The maximum atomic E-state index is 12.3. The van der Waals surface area contributed by atoms with Crippen molar-refractivity contribution >= 4 is 17.3 Å². The molecule has 9 nitrogen and oxygen atoms in total. The fraction of sp³-hybridized carbons (Fsp3) is 0.435. The number of hydrogen-bond acceptors (Lipinski definition) is 8. The zero-order chi connectivity index (χ0) is 22.9. The molecule has 0 spiro atoms. The Labute approximate surface area is 186 Å². The van der Waals surface area contributed by atoms with Gasteiger partial charge in [-0.05, 0) is 32.0 Å². The van der Waals surface area contributed by atoms with Crippen molar-refractivity contribution in [1.29, 1.82) is 5.26 Å². The summed E-state index contributed by atoms with van der Waals surface area (Å²) >= 11 is 0. The first kappa shape index (κ1) is 21.7. The van der Waals surface area contributed by atoms with Crippen molar-refractivity contribution in [3.05, 3.63) is 36.0 Å². The fourth-order valence-corrected chi connectivity index (χ4v) is 3.96. The Morgan fingerprint density at radius 1 is 1.34 bits per heavy atom. The molecule has 0 bridgehead atoms. The van der Waals surface area contributed by atoms with Crippen molar-refractivity contribution in [2.24, 2.45) is 0 Å². The molecule has 2 aromatic rings. The average molecular weight is 438 g/mol. The molecule has 2 aliphatic rings. The van der Waals surface area contributed by atoms with Crippen molar-refractivity contribution in [2.45, 2.75) is 32.0 Å². The molecule has 1 aromatic carbocycles. The second-order valence-electron chi connectivity index (χ2n) is 8.33. The summed E-state index contributed by atoms with van der Waals surface area (Å²) in [5.41, 5.74) is 0.527. The summed E-state index contributed by atoms with van der Waals surface area (Å²) in [5, 5.41) is 19.4. The number of methoxy groups -OCH3 is 1. The molecule has 1 N–H and O–H groups in total. The topological polar surface area (TPSA) is 108 Å². The first-order valence-electron chi connectivity index (χ1n) is 10.5. The molecule has 0 saturated carbocycles. The van der Waals surface area contributed by atoms with Crippen molar-refractivity contribution in [3.63, 3.8) is 0 Å². The fourth-order valence-electron chi connectivity index (χ4n) is 3.96. The molecule has 1 fully saturated rings. The maximum Gasteiger partial charge on any atom is 0.254 e. The van der Waals surface area contributed by atoms with Crippen LogP contribution in [0.5, 0.6) is 17.4 Å². The number of rotatable bonds is 5. The number of nitrogens with zero attached hydrogens (tertiary/aromatic N) is 4. The molecule has 1 amide bonds. The number of ether oxygens (including phenoxy) is 3. The molecule has 1 saturated heterocycles. The van der Waals surface area contributed by atoms with Gasteiger partial charge in [0.2, 0.25) is 5.88 Å². The van der Waals surface area contributed by atoms with Crippen LogP contribution in [0.1, 0.15) is 25.8 Å². The summed E-state index contributed by atoms with van der Waals surface area (Å²) in [6, 6.07) is 9.45. The molecule has 3 heterocycles. The first-order valence-corrected chi connectivity index (χ1v) is 10.5. The van der Waals surface area contributed by atoms with E-state index in [2.05, 4.69) is 11.1 Å². The van der Waals surface area contributed by atoms with Crippen molar-refractivity contribution in [2.75, 3.05) is 38.3 Å². The highest BCUT2D eigenvalue weighted by Crippen LogP contribution is 2.40. The van der Waals surface area contributed by atoms with Gasteiger partial charge in [-0.3, -0.25) is 4.79 Å². The number of nitriles is 1. The monoisotopic (exact) mass is 438 g/mol. The highest BCUT2D eigenvalue weighted by molar-refractivity contribution is 5.84. The van der Waals surface area contributed by atoms with Gasteiger partial charge >= 0.3 is 0 Å². The molecule has 0 radical (unpaired) electrons. The minimum Gasteiger partial charge on any atom is -0.490 e. The predicted molar refractivity (Wildman–Crippen MR) is 116 cm³/mol. The Hall–Kier alpha value is -3.51. The Morgan fingerprint density at radius 2 is 2.16 bits per heavy atom. The lowest BCUT2D eigenvalue weighted by Crippen LogP contribution is -2.44. The number of fused-ring (bicyclic) bond motifs is 1. The number of aliphatic hydroxyl groups is 1. The van der Waals surface area contributed by atoms with E-state index in [1.54, 1.807) is 17.2 Å². The van der Waals surface area contributed by atoms with Gasteiger partial charge in [0, 0.05) is 19.0 Å². The average Bonchev–Trinajstić information content (AvgIpc) is 3.25. The van der Waals surface area contributed by atoms with E-state index in [4.69, 9.17) is 14.2 Å². The van der Waals surface area contributed by atoms with Gasteiger partial charge in [-0.2, -0.15) is 5.26 Å². The standard InChI is InChI=1S/C23H26N4O5/c1-23(2,29)22(28)26-7-6-18(14-26)32-17-4-5-20-19(11-17)27(8-9-31-20)16-10-15(12-24)21(30-3)25-13-16/h4-5,10-11,13,18,29H,6-9,14H2,1-3H3. The molecule has 4 rings (SSSR count). The van der Waals surface area contributed by atoms with Crippen molar-refractivity contribution in [1.82, 2.24) is 9.88 Å². The summed E-state index contributed by atoms with van der Waals surface area (Å²) in [4.78, 5) is 20.2. The van der Waals surface area contributed by atoms with Crippen LogP contribution >= 0.6 is 0 Å². The number of benzene rings is 1. The van der Waals surface area contributed by atoms with Crippen LogP contribution in [0.15, 0.2) is 30.5 Å². The smallest absolute Gasteiger partial charge is 0.254 e. The highest BCUT2D eigenvalue weighted by Gasteiger charge is 2.35. The summed E-state index contributed by atoms with van der Waals surface area (Å²) in [5.74, 6) is 1.36. The van der Waals surface area contributed by atoms with E-state index >= 15 is 0 Å². The van der Waals surface area contributed by atoms with E-state index in [1.165, 1.54) is 21.0 Å². The molecular weight excluding hydrogens is 412 g/mol. The van der Waals surface area contributed by atoms with E-state index < -0.39 is 5.60 Å². The van der Waals surface area contributed by atoms with Crippen LogP contribution in [0.25, 0.3) is 0 Å². The largest absolute Gasteiger partial charge is 0.490 e. The van der Waals surface area contributed by atoms with Gasteiger partial charge in [0.1, 0.15) is 41.4 Å². The lowest BCUT2D eigenvalue weighted by Gasteiger charge is -2.31. The normalized spacial score (nSPS) is 17.9. The third-order valence-electron chi connectivity index (χ3n) is 5.51. The van der Waals surface area contributed by atoms with Crippen LogP contribution in [-0.2, 0) is 4.79 Å². The predicted octanol–water partition coefficient (Wildman–Crippen LogP) is 2.24. The highest BCUT2D eigenvalue weighted by atomic mass is 16.5. The minimum absolute atomic E-state index is 0.162. The molecule has 168 valence electrons. The quantitative estimate of drug-likeness (QED) is 0.757. The molecule has 1 unspecified atom stereocenters. The van der Waals surface area contributed by atoms with Crippen LogP contribution < -0.4 is 19.1 Å². The number of carbonyl (C=O) groups is 1. The lowest BCUT2D eigenvalue weighted by molar-refractivity contribution is -0.146. The van der Waals surface area contributed by atoms with Gasteiger partial charge < -0.3 is 29.1 Å². The molecule has 1 atom stereocenters. The Balaban J connectivity index is 1.54. The second kappa shape index (κ2) is 8.55. The number of hydrogen-bond donors (Lipinski definition) is 1. The Bertz CT molecular complexity index is 1060. The first-order chi connectivity index (χ1) is 15.3. The van der Waals surface area contributed by atoms with Crippen LogP contribution in [-0.4, -0.2) is 66.0 Å².